The molecule has 0 atom stereocenters. The number of benzene rings is 1. The van der Waals surface area contributed by atoms with E-state index < -0.39 is 12.3 Å². The Balaban J connectivity index is 1.53. The second-order valence-corrected chi connectivity index (χ2v) is 5.35. The predicted molar refractivity (Wildman–Crippen MR) is 85.0 cm³/mol. The van der Waals surface area contributed by atoms with Gasteiger partial charge < -0.3 is 14.6 Å². The first-order chi connectivity index (χ1) is 12.9. The van der Waals surface area contributed by atoms with Crippen LogP contribution in [0, 0.1) is 0 Å². The average molecular weight is 381 g/mol. The zero-order valence-corrected chi connectivity index (χ0v) is 13.8. The van der Waals surface area contributed by atoms with Crippen LogP contribution in [0.1, 0.15) is 17.0 Å². The molecule has 27 heavy (non-hydrogen) atoms. The van der Waals surface area contributed by atoms with E-state index in [-0.39, 0.29) is 11.6 Å². The molecule has 1 aromatic carbocycles. The van der Waals surface area contributed by atoms with Gasteiger partial charge in [0.2, 0.25) is 0 Å². The highest BCUT2D eigenvalue weighted by atomic mass is 19.4. The van der Waals surface area contributed by atoms with Gasteiger partial charge in [0.15, 0.2) is 0 Å². The first-order valence-corrected chi connectivity index (χ1v) is 7.81. The second-order valence-electron chi connectivity index (χ2n) is 5.35. The molecular weight excluding hydrogens is 367 g/mol. The van der Waals surface area contributed by atoms with Gasteiger partial charge in [-0.25, -0.2) is 4.98 Å². The predicted octanol–water partition coefficient (Wildman–Crippen LogP) is 1.58. The number of aromatic nitrogens is 6. The second kappa shape index (κ2) is 7.85. The summed E-state index contributed by atoms with van der Waals surface area (Å²) in [6.45, 7) is 1.11. The molecule has 0 spiro atoms. The van der Waals surface area contributed by atoms with Crippen LogP contribution in [0.15, 0.2) is 43.0 Å². The van der Waals surface area contributed by atoms with Crippen LogP contribution in [0.2, 0.25) is 0 Å². The number of aryl methyl sites for hydroxylation is 1. The van der Waals surface area contributed by atoms with Crippen LogP contribution >= 0.6 is 0 Å². The minimum Gasteiger partial charge on any atom is -0.406 e. The lowest BCUT2D eigenvalue weighted by molar-refractivity contribution is -0.274. The number of nitrogens with zero attached hydrogens (tertiary/aromatic N) is 6. The van der Waals surface area contributed by atoms with E-state index in [1.165, 1.54) is 12.1 Å². The summed E-state index contributed by atoms with van der Waals surface area (Å²) in [5, 5.41) is 13.9. The molecule has 0 aliphatic heterocycles. The van der Waals surface area contributed by atoms with Crippen LogP contribution in [-0.4, -0.2) is 48.6 Å². The number of carbonyl (C=O) groups excluding carboxylic acids is 1. The van der Waals surface area contributed by atoms with E-state index in [1.807, 2.05) is 10.8 Å². The lowest BCUT2D eigenvalue weighted by atomic mass is 10.3. The Hall–Kier alpha value is -3.44. The van der Waals surface area contributed by atoms with E-state index in [1.54, 1.807) is 12.5 Å². The maximum atomic E-state index is 12.2. The molecule has 3 rings (SSSR count). The SMILES string of the molecule is O=C(NCCCn1ccnc1)c1nnn(-c2ccc(OC(F)(F)F)cc2)n1. The van der Waals surface area contributed by atoms with E-state index >= 15 is 0 Å². The number of carbonyl (C=O) groups is 1. The number of imidazole rings is 1. The number of alkyl halides is 3. The normalized spacial score (nSPS) is 11.4. The third-order valence-corrected chi connectivity index (χ3v) is 3.36. The third-order valence-electron chi connectivity index (χ3n) is 3.36. The number of hydrogen-bond acceptors (Lipinski definition) is 6. The van der Waals surface area contributed by atoms with Crippen LogP contribution < -0.4 is 10.1 Å². The summed E-state index contributed by atoms with van der Waals surface area (Å²) in [7, 11) is 0. The van der Waals surface area contributed by atoms with E-state index in [0.717, 1.165) is 16.9 Å². The first kappa shape index (κ1) is 18.4. The monoisotopic (exact) mass is 381 g/mol. The molecule has 0 aliphatic carbocycles. The zero-order valence-electron chi connectivity index (χ0n) is 13.8. The standard InChI is InChI=1S/C15H14F3N7O2/c16-15(17,18)27-12-4-2-11(3-5-12)25-22-13(21-23-25)14(26)20-6-1-8-24-9-7-19-10-24/h2-5,7,9-10H,1,6,8H2,(H,20,26). The van der Waals surface area contributed by atoms with Crippen LogP contribution in [-0.2, 0) is 6.54 Å². The van der Waals surface area contributed by atoms with Crippen LogP contribution in [0.3, 0.4) is 0 Å². The van der Waals surface area contributed by atoms with Gasteiger partial charge in [0.25, 0.3) is 11.7 Å². The maximum Gasteiger partial charge on any atom is 0.573 e. The lowest BCUT2D eigenvalue weighted by Crippen LogP contribution is -2.26. The van der Waals surface area contributed by atoms with Crippen molar-refractivity contribution in [2.75, 3.05) is 6.54 Å². The van der Waals surface area contributed by atoms with Gasteiger partial charge in [-0.05, 0) is 35.9 Å². The summed E-state index contributed by atoms with van der Waals surface area (Å²) in [4.78, 5) is 17.0. The van der Waals surface area contributed by atoms with Crippen molar-refractivity contribution in [3.63, 3.8) is 0 Å². The van der Waals surface area contributed by atoms with Gasteiger partial charge in [0.05, 0.1) is 12.0 Å². The smallest absolute Gasteiger partial charge is 0.406 e. The summed E-state index contributed by atoms with van der Waals surface area (Å²) < 4.78 is 42.1. The Kier molecular flexibility index (Phi) is 5.33. The minimum absolute atomic E-state index is 0.145. The Bertz CT molecular complexity index is 876. The highest BCUT2D eigenvalue weighted by Gasteiger charge is 2.31. The Morgan fingerprint density at radius 3 is 2.67 bits per heavy atom. The molecule has 1 amide bonds. The van der Waals surface area contributed by atoms with E-state index in [0.29, 0.717) is 25.2 Å². The number of nitrogens with one attached hydrogen (secondary N) is 1. The summed E-state index contributed by atoms with van der Waals surface area (Å²) in [5.41, 5.74) is 0.330. The van der Waals surface area contributed by atoms with Gasteiger partial charge in [0.1, 0.15) is 5.75 Å². The van der Waals surface area contributed by atoms with E-state index in [4.69, 9.17) is 0 Å². The summed E-state index contributed by atoms with van der Waals surface area (Å²) in [6, 6.07) is 4.86. The number of hydrogen-bond donors (Lipinski definition) is 1. The van der Waals surface area contributed by atoms with Gasteiger partial charge in [-0.2, -0.15) is 0 Å². The Labute approximate surface area is 150 Å². The first-order valence-electron chi connectivity index (χ1n) is 7.81. The topological polar surface area (TPSA) is 99.8 Å². The quantitative estimate of drug-likeness (QED) is 0.624. The molecule has 0 aliphatic rings. The van der Waals surface area contributed by atoms with Crippen molar-refractivity contribution in [3.05, 3.63) is 48.8 Å². The number of rotatable bonds is 7. The largest absolute Gasteiger partial charge is 0.573 e. The fourth-order valence-electron chi connectivity index (χ4n) is 2.16. The Morgan fingerprint density at radius 2 is 2.00 bits per heavy atom. The maximum absolute atomic E-state index is 12.2. The number of tetrazole rings is 1. The summed E-state index contributed by atoms with van der Waals surface area (Å²) in [5.74, 6) is -1.01. The molecule has 2 heterocycles. The molecule has 0 saturated heterocycles. The van der Waals surface area contributed by atoms with E-state index in [9.17, 15) is 18.0 Å². The molecule has 12 heteroatoms. The number of halogens is 3. The molecule has 2 aromatic heterocycles. The average Bonchev–Trinajstić information content (AvgIpc) is 3.30. The zero-order chi connectivity index (χ0) is 19.3. The van der Waals surface area contributed by atoms with Crippen LogP contribution in [0.5, 0.6) is 5.75 Å². The fraction of sp³-hybridized carbons (Fsp3) is 0.267. The fourth-order valence-corrected chi connectivity index (χ4v) is 2.16. The molecule has 0 saturated carbocycles. The number of amides is 1. The van der Waals surface area contributed by atoms with Crippen molar-refractivity contribution in [1.82, 2.24) is 35.1 Å². The van der Waals surface area contributed by atoms with Crippen molar-refractivity contribution in [2.24, 2.45) is 0 Å². The highest BCUT2D eigenvalue weighted by Crippen LogP contribution is 2.23. The summed E-state index contributed by atoms with van der Waals surface area (Å²) in [6.07, 6.45) is 1.09. The molecule has 3 aromatic rings. The minimum atomic E-state index is -4.77. The van der Waals surface area contributed by atoms with Crippen molar-refractivity contribution < 1.29 is 22.7 Å². The van der Waals surface area contributed by atoms with Gasteiger partial charge in [-0.15, -0.1) is 28.2 Å². The third kappa shape index (κ3) is 5.26. The van der Waals surface area contributed by atoms with Gasteiger partial charge in [-0.1, -0.05) is 0 Å². The molecule has 9 nitrogen and oxygen atoms in total. The Morgan fingerprint density at radius 1 is 1.22 bits per heavy atom. The van der Waals surface area contributed by atoms with Crippen molar-refractivity contribution in [3.8, 4) is 11.4 Å². The highest BCUT2D eigenvalue weighted by molar-refractivity contribution is 5.90. The van der Waals surface area contributed by atoms with Gasteiger partial charge >= 0.3 is 6.36 Å². The molecular formula is C15H14F3N7O2. The van der Waals surface area contributed by atoms with Crippen molar-refractivity contribution in [1.29, 1.82) is 0 Å². The van der Waals surface area contributed by atoms with Crippen LogP contribution in [0.25, 0.3) is 5.69 Å². The molecule has 1 N–H and O–H groups in total. The van der Waals surface area contributed by atoms with Crippen LogP contribution in [0.4, 0.5) is 13.2 Å². The molecule has 0 unspecified atom stereocenters. The van der Waals surface area contributed by atoms with Gasteiger partial charge in [0, 0.05) is 25.5 Å². The lowest BCUT2D eigenvalue weighted by Gasteiger charge is -2.08. The van der Waals surface area contributed by atoms with Crippen molar-refractivity contribution in [2.45, 2.75) is 19.3 Å². The molecule has 0 fully saturated rings. The van der Waals surface area contributed by atoms with E-state index in [2.05, 4.69) is 30.4 Å². The molecule has 0 radical (unpaired) electrons. The summed E-state index contributed by atoms with van der Waals surface area (Å²) >= 11 is 0. The number of ether oxygens (including phenoxy) is 1. The molecule has 0 bridgehead atoms. The molecule has 142 valence electrons. The van der Waals surface area contributed by atoms with Gasteiger partial charge in [-0.3, -0.25) is 4.79 Å². The van der Waals surface area contributed by atoms with Crippen molar-refractivity contribution >= 4 is 5.91 Å².